The van der Waals surface area contributed by atoms with Crippen LogP contribution in [0.2, 0.25) is 0 Å². The van der Waals surface area contributed by atoms with E-state index in [1.165, 1.54) is 22.5 Å². The van der Waals surface area contributed by atoms with E-state index in [-0.39, 0.29) is 30.2 Å². The van der Waals surface area contributed by atoms with Crippen molar-refractivity contribution in [2.75, 3.05) is 24.1 Å². The maximum atomic E-state index is 13.2. The predicted octanol–water partition coefficient (Wildman–Crippen LogP) is 2.86. The average Bonchev–Trinajstić information content (AvgIpc) is 3.25. The van der Waals surface area contributed by atoms with E-state index in [2.05, 4.69) is 25.5 Å². The molecular formula is C23H22F3N7O3S. The lowest BCUT2D eigenvalue weighted by atomic mass is 10.0. The van der Waals surface area contributed by atoms with E-state index in [1.54, 1.807) is 18.3 Å². The second-order valence-electron chi connectivity index (χ2n) is 8.65. The van der Waals surface area contributed by atoms with Crippen LogP contribution in [0.15, 0.2) is 59.8 Å². The quantitative estimate of drug-likeness (QED) is 0.306. The molecule has 1 aliphatic heterocycles. The number of hydrogen-bond donors (Lipinski definition) is 4. The number of alkyl halides is 3. The Kier molecular flexibility index (Phi) is 6.25. The third-order valence-corrected chi connectivity index (χ3v) is 8.12. The Morgan fingerprint density at radius 1 is 1.08 bits per heavy atom. The largest absolute Gasteiger partial charge is 0.417 e. The number of aromatic amines is 1. The van der Waals surface area contributed by atoms with Crippen LogP contribution in [-0.2, 0) is 16.2 Å². The summed E-state index contributed by atoms with van der Waals surface area (Å²) in [5.74, 6) is 0.475. The number of nitrogens with one attached hydrogen (secondary N) is 2. The molecule has 0 unspecified atom stereocenters. The molecule has 0 amide bonds. The molecule has 3 aromatic heterocycles. The summed E-state index contributed by atoms with van der Waals surface area (Å²) in [7, 11) is -3.89. The molecule has 0 aliphatic carbocycles. The molecule has 194 valence electrons. The molecular weight excluding hydrogens is 511 g/mol. The van der Waals surface area contributed by atoms with E-state index >= 15 is 0 Å². The van der Waals surface area contributed by atoms with Crippen LogP contribution in [0.1, 0.15) is 12.0 Å². The maximum Gasteiger partial charge on any atom is 0.417 e. The van der Waals surface area contributed by atoms with Gasteiger partial charge in [0.1, 0.15) is 5.82 Å². The van der Waals surface area contributed by atoms with Gasteiger partial charge in [-0.05, 0) is 42.3 Å². The van der Waals surface area contributed by atoms with Gasteiger partial charge in [-0.1, -0.05) is 12.1 Å². The van der Waals surface area contributed by atoms with Gasteiger partial charge in [-0.2, -0.15) is 22.6 Å². The fourth-order valence-corrected chi connectivity index (χ4v) is 5.65. The predicted molar refractivity (Wildman–Crippen MR) is 130 cm³/mol. The van der Waals surface area contributed by atoms with E-state index in [0.29, 0.717) is 23.0 Å². The Morgan fingerprint density at radius 3 is 2.49 bits per heavy atom. The number of β-amino-alcohol motifs (C(OH)–C–C–N with tert-alkyl or cyclic N) is 1. The maximum absolute atomic E-state index is 13.2. The van der Waals surface area contributed by atoms with Crippen molar-refractivity contribution in [1.82, 2.24) is 24.5 Å². The number of benzene rings is 1. The summed E-state index contributed by atoms with van der Waals surface area (Å²) in [4.78, 5) is 8.09. The zero-order valence-electron chi connectivity index (χ0n) is 19.1. The molecule has 1 aliphatic rings. The Morgan fingerprint density at radius 2 is 1.84 bits per heavy atom. The highest BCUT2D eigenvalue weighted by atomic mass is 32.2. The third kappa shape index (κ3) is 4.95. The molecule has 1 aromatic carbocycles. The number of anilines is 2. The zero-order chi connectivity index (χ0) is 26.4. The van der Waals surface area contributed by atoms with Crippen molar-refractivity contribution in [2.45, 2.75) is 29.6 Å². The van der Waals surface area contributed by atoms with E-state index in [4.69, 9.17) is 5.73 Å². The molecule has 5 N–H and O–H groups in total. The fourth-order valence-electron chi connectivity index (χ4n) is 4.17. The van der Waals surface area contributed by atoms with Crippen molar-refractivity contribution in [3.05, 3.63) is 60.4 Å². The highest BCUT2D eigenvalue weighted by Crippen LogP contribution is 2.30. The van der Waals surface area contributed by atoms with Gasteiger partial charge in [0.2, 0.25) is 10.0 Å². The Balaban J connectivity index is 1.26. The molecule has 0 radical (unpaired) electrons. The number of piperidine rings is 1. The normalized spacial score (nSPS) is 19.2. The molecule has 5 rings (SSSR count). The van der Waals surface area contributed by atoms with Gasteiger partial charge in [0.15, 0.2) is 11.5 Å². The summed E-state index contributed by atoms with van der Waals surface area (Å²) in [6, 6.07) is 9.59. The van der Waals surface area contributed by atoms with Crippen LogP contribution in [0, 0.1) is 0 Å². The van der Waals surface area contributed by atoms with Crippen LogP contribution < -0.4 is 11.1 Å². The van der Waals surface area contributed by atoms with Crippen LogP contribution in [0.25, 0.3) is 22.2 Å². The summed E-state index contributed by atoms with van der Waals surface area (Å²) < 4.78 is 65.8. The SMILES string of the molecule is Nc1n[nH]c2ncc(-c3ccc(S(=O)(=O)N4CC[C@@H](Nc5ccc(C(F)(F)F)cn5)[C@@H](O)C4)cc3)cc12. The van der Waals surface area contributed by atoms with E-state index in [0.717, 1.165) is 17.2 Å². The van der Waals surface area contributed by atoms with Crippen LogP contribution >= 0.6 is 0 Å². The number of pyridine rings is 2. The molecule has 10 nitrogen and oxygen atoms in total. The summed E-state index contributed by atoms with van der Waals surface area (Å²) in [6.45, 7) is -0.0669. The van der Waals surface area contributed by atoms with Crippen LogP contribution in [-0.4, -0.2) is 63.2 Å². The van der Waals surface area contributed by atoms with Crippen molar-refractivity contribution >= 4 is 32.7 Å². The van der Waals surface area contributed by atoms with E-state index in [1.807, 2.05) is 6.07 Å². The fraction of sp³-hybridized carbons (Fsp3) is 0.261. The molecule has 0 bridgehead atoms. The first kappa shape index (κ1) is 24.9. The zero-order valence-corrected chi connectivity index (χ0v) is 20.0. The second kappa shape index (κ2) is 9.28. The van der Waals surface area contributed by atoms with Gasteiger partial charge in [0, 0.05) is 31.0 Å². The number of rotatable bonds is 5. The second-order valence-corrected chi connectivity index (χ2v) is 10.6. The Bertz CT molecular complexity index is 1520. The minimum absolute atomic E-state index is 0.0659. The lowest BCUT2D eigenvalue weighted by Crippen LogP contribution is -2.51. The minimum Gasteiger partial charge on any atom is -0.390 e. The monoisotopic (exact) mass is 533 g/mol. The van der Waals surface area contributed by atoms with Gasteiger partial charge >= 0.3 is 6.18 Å². The number of nitrogens with two attached hydrogens (primary N) is 1. The van der Waals surface area contributed by atoms with Gasteiger partial charge in [-0.15, -0.1) is 0 Å². The summed E-state index contributed by atoms with van der Waals surface area (Å²) in [5, 5.41) is 20.8. The standard InChI is InChI=1S/C23H22F3N7O3S/c24-23(25,26)15-3-6-20(28-11-15)30-18-7-8-33(12-19(18)34)37(35,36)16-4-1-13(2-5-16)14-9-17-21(27)31-32-22(17)29-10-14/h1-6,9-11,18-19,34H,7-8,12H2,(H,28,30)(H3,27,29,31,32)/t18-,19+/m1/s1. The lowest BCUT2D eigenvalue weighted by Gasteiger charge is -2.35. The molecule has 4 heterocycles. The first-order chi connectivity index (χ1) is 17.5. The van der Waals surface area contributed by atoms with Crippen LogP contribution in [0.4, 0.5) is 24.8 Å². The number of sulfonamides is 1. The van der Waals surface area contributed by atoms with E-state index < -0.39 is 33.9 Å². The molecule has 37 heavy (non-hydrogen) atoms. The Hall–Kier alpha value is -3.75. The molecule has 1 fully saturated rings. The number of nitrogens with zero attached hydrogens (tertiary/aromatic N) is 4. The summed E-state index contributed by atoms with van der Waals surface area (Å²) in [6.07, 6.45) is -3.02. The number of aliphatic hydroxyl groups excluding tert-OH is 1. The smallest absolute Gasteiger partial charge is 0.390 e. The van der Waals surface area contributed by atoms with Gasteiger partial charge in [-0.25, -0.2) is 18.4 Å². The van der Waals surface area contributed by atoms with Crippen molar-refractivity contribution in [3.8, 4) is 11.1 Å². The van der Waals surface area contributed by atoms with Gasteiger partial charge in [0.25, 0.3) is 0 Å². The number of fused-ring (bicyclic) bond motifs is 1. The topological polar surface area (TPSA) is 150 Å². The first-order valence-electron chi connectivity index (χ1n) is 11.2. The van der Waals surface area contributed by atoms with Gasteiger partial charge < -0.3 is 16.2 Å². The first-order valence-corrected chi connectivity index (χ1v) is 12.6. The van der Waals surface area contributed by atoms with Crippen molar-refractivity contribution < 1.29 is 26.7 Å². The molecule has 4 aromatic rings. The number of aliphatic hydroxyl groups is 1. The average molecular weight is 534 g/mol. The number of halogens is 3. The molecule has 2 atom stereocenters. The number of hydrogen-bond acceptors (Lipinski definition) is 8. The minimum atomic E-state index is -4.50. The molecule has 1 saturated heterocycles. The van der Waals surface area contributed by atoms with Crippen molar-refractivity contribution in [1.29, 1.82) is 0 Å². The van der Waals surface area contributed by atoms with Crippen molar-refractivity contribution in [2.24, 2.45) is 0 Å². The number of nitrogen functional groups attached to an aromatic ring is 1. The lowest BCUT2D eigenvalue weighted by molar-refractivity contribution is -0.137. The van der Waals surface area contributed by atoms with Crippen LogP contribution in [0.3, 0.4) is 0 Å². The molecule has 0 spiro atoms. The highest BCUT2D eigenvalue weighted by molar-refractivity contribution is 7.89. The summed E-state index contributed by atoms with van der Waals surface area (Å²) in [5.41, 5.74) is 6.98. The molecule has 0 saturated carbocycles. The third-order valence-electron chi connectivity index (χ3n) is 6.24. The van der Waals surface area contributed by atoms with Gasteiger partial charge in [0.05, 0.1) is 28.0 Å². The number of aromatic nitrogens is 4. The number of H-pyrrole nitrogens is 1. The van der Waals surface area contributed by atoms with Crippen LogP contribution in [0.5, 0.6) is 0 Å². The Labute approximate surface area is 209 Å². The van der Waals surface area contributed by atoms with Crippen molar-refractivity contribution in [3.63, 3.8) is 0 Å². The molecule has 14 heteroatoms. The van der Waals surface area contributed by atoms with Gasteiger partial charge in [-0.3, -0.25) is 5.10 Å². The summed E-state index contributed by atoms with van der Waals surface area (Å²) >= 11 is 0. The highest BCUT2D eigenvalue weighted by Gasteiger charge is 2.35. The van der Waals surface area contributed by atoms with E-state index in [9.17, 15) is 26.7 Å².